The lowest BCUT2D eigenvalue weighted by Gasteiger charge is -2.14. The Morgan fingerprint density at radius 3 is 2.52 bits per heavy atom. The number of hydrogen-bond acceptors (Lipinski definition) is 4. The average molecular weight is 308 g/mol. The van der Waals surface area contributed by atoms with E-state index in [0.29, 0.717) is 11.3 Å². The van der Waals surface area contributed by atoms with Crippen molar-refractivity contribution in [3.05, 3.63) is 52.5 Å². The van der Waals surface area contributed by atoms with Crippen molar-refractivity contribution >= 4 is 23.2 Å². The third-order valence-corrected chi connectivity index (χ3v) is 3.26. The van der Waals surface area contributed by atoms with Gasteiger partial charge in [-0.15, -0.1) is 0 Å². The first-order valence-electron chi connectivity index (χ1n) is 6.11. The minimum Gasteiger partial charge on any atom is -0.481 e. The molecule has 0 fully saturated rings. The van der Waals surface area contributed by atoms with Crippen LogP contribution in [0.25, 0.3) is 0 Å². The number of halogens is 1. The molecule has 0 saturated heterocycles. The summed E-state index contributed by atoms with van der Waals surface area (Å²) in [4.78, 5) is 23.4. The molecule has 110 valence electrons. The van der Waals surface area contributed by atoms with Gasteiger partial charge in [0.15, 0.2) is 6.10 Å². The number of carbonyl (C=O) groups excluding carboxylic acids is 2. The van der Waals surface area contributed by atoms with Crippen LogP contribution >= 0.6 is 11.3 Å². The number of carbonyl (C=O) groups is 2. The Hall–Kier alpha value is -2.41. The lowest BCUT2D eigenvalue weighted by molar-refractivity contribution is -0.128. The number of thiophene rings is 1. The third kappa shape index (κ3) is 4.28. The predicted molar refractivity (Wildman–Crippen MR) is 76.4 cm³/mol. The Labute approximate surface area is 124 Å². The van der Waals surface area contributed by atoms with Gasteiger partial charge in [0.25, 0.3) is 11.8 Å². The van der Waals surface area contributed by atoms with Crippen molar-refractivity contribution in [1.82, 2.24) is 10.9 Å². The molecule has 0 bridgehead atoms. The maximum absolute atomic E-state index is 12.7. The first-order valence-corrected chi connectivity index (χ1v) is 7.05. The summed E-state index contributed by atoms with van der Waals surface area (Å²) in [5.41, 5.74) is 5.02. The van der Waals surface area contributed by atoms with Crippen LogP contribution in [-0.2, 0) is 4.79 Å². The summed E-state index contributed by atoms with van der Waals surface area (Å²) in [5, 5.41) is 3.43. The van der Waals surface area contributed by atoms with Gasteiger partial charge < -0.3 is 4.74 Å². The van der Waals surface area contributed by atoms with E-state index in [1.165, 1.54) is 42.5 Å². The highest BCUT2D eigenvalue weighted by atomic mass is 32.1. The second kappa shape index (κ2) is 6.85. The van der Waals surface area contributed by atoms with Crippen molar-refractivity contribution in [1.29, 1.82) is 0 Å². The minimum atomic E-state index is -0.835. The van der Waals surface area contributed by atoms with E-state index in [9.17, 15) is 14.0 Å². The molecule has 0 saturated carbocycles. The molecule has 0 spiro atoms. The number of hydrazine groups is 1. The monoisotopic (exact) mass is 308 g/mol. The van der Waals surface area contributed by atoms with Crippen LogP contribution in [0.1, 0.15) is 17.3 Å². The summed E-state index contributed by atoms with van der Waals surface area (Å²) >= 11 is 1.38. The van der Waals surface area contributed by atoms with E-state index in [4.69, 9.17) is 4.74 Å². The topological polar surface area (TPSA) is 67.4 Å². The fourth-order valence-electron chi connectivity index (χ4n) is 1.46. The molecule has 2 rings (SSSR count). The SMILES string of the molecule is CC(Oc1ccc(F)cc1)C(=O)NNC(=O)c1ccsc1. The zero-order valence-electron chi connectivity index (χ0n) is 11.1. The molecule has 1 heterocycles. The normalized spacial score (nSPS) is 11.5. The van der Waals surface area contributed by atoms with E-state index >= 15 is 0 Å². The molecule has 2 aromatic rings. The lowest BCUT2D eigenvalue weighted by Crippen LogP contribution is -2.47. The third-order valence-electron chi connectivity index (χ3n) is 2.58. The van der Waals surface area contributed by atoms with E-state index in [1.807, 2.05) is 0 Å². The molecular weight excluding hydrogens is 295 g/mol. The zero-order chi connectivity index (χ0) is 15.2. The van der Waals surface area contributed by atoms with E-state index < -0.39 is 17.9 Å². The highest BCUT2D eigenvalue weighted by Crippen LogP contribution is 2.12. The Morgan fingerprint density at radius 2 is 1.90 bits per heavy atom. The Morgan fingerprint density at radius 1 is 1.19 bits per heavy atom. The van der Waals surface area contributed by atoms with Crippen LogP contribution in [-0.4, -0.2) is 17.9 Å². The quantitative estimate of drug-likeness (QED) is 0.850. The zero-order valence-corrected chi connectivity index (χ0v) is 11.9. The number of nitrogens with one attached hydrogen (secondary N) is 2. The standard InChI is InChI=1S/C14H13FN2O3S/c1-9(20-12-4-2-11(15)3-5-12)13(18)16-17-14(19)10-6-7-21-8-10/h2-9H,1H3,(H,16,18)(H,17,19). The molecule has 21 heavy (non-hydrogen) atoms. The molecular formula is C14H13FN2O3S. The van der Waals surface area contributed by atoms with Gasteiger partial charge in [-0.1, -0.05) is 0 Å². The fraction of sp³-hybridized carbons (Fsp3) is 0.143. The van der Waals surface area contributed by atoms with E-state index in [0.717, 1.165) is 0 Å². The number of ether oxygens (including phenoxy) is 1. The second-order valence-electron chi connectivity index (χ2n) is 4.17. The van der Waals surface area contributed by atoms with Crippen LogP contribution in [0.4, 0.5) is 4.39 Å². The van der Waals surface area contributed by atoms with E-state index in [1.54, 1.807) is 16.8 Å². The van der Waals surface area contributed by atoms with Crippen LogP contribution < -0.4 is 15.6 Å². The summed E-state index contributed by atoms with van der Waals surface area (Å²) in [7, 11) is 0. The molecule has 1 aromatic heterocycles. The van der Waals surface area contributed by atoms with Crippen molar-refractivity contribution < 1.29 is 18.7 Å². The average Bonchev–Trinajstić information content (AvgIpc) is 3.01. The van der Waals surface area contributed by atoms with Gasteiger partial charge in [-0.25, -0.2) is 4.39 Å². The van der Waals surface area contributed by atoms with E-state index in [2.05, 4.69) is 10.9 Å². The van der Waals surface area contributed by atoms with Gasteiger partial charge in [0.2, 0.25) is 0 Å². The van der Waals surface area contributed by atoms with Gasteiger partial charge in [-0.2, -0.15) is 11.3 Å². The van der Waals surface area contributed by atoms with Crippen LogP contribution in [0.3, 0.4) is 0 Å². The molecule has 0 aliphatic heterocycles. The first kappa shape index (κ1) is 15.0. The van der Waals surface area contributed by atoms with Gasteiger partial charge in [-0.05, 0) is 42.6 Å². The van der Waals surface area contributed by atoms with Crippen LogP contribution in [0.15, 0.2) is 41.1 Å². The van der Waals surface area contributed by atoms with Gasteiger partial charge in [0.1, 0.15) is 11.6 Å². The molecule has 7 heteroatoms. The van der Waals surface area contributed by atoms with Crippen molar-refractivity contribution in [3.63, 3.8) is 0 Å². The summed E-state index contributed by atoms with van der Waals surface area (Å²) in [6, 6.07) is 6.95. The smallest absolute Gasteiger partial charge is 0.279 e. The summed E-state index contributed by atoms with van der Waals surface area (Å²) in [5.74, 6) is -0.938. The van der Waals surface area contributed by atoms with Crippen molar-refractivity contribution in [2.24, 2.45) is 0 Å². The summed E-state index contributed by atoms with van der Waals surface area (Å²) < 4.78 is 18.1. The molecule has 2 amide bonds. The Bertz CT molecular complexity index is 614. The highest BCUT2D eigenvalue weighted by molar-refractivity contribution is 7.08. The van der Waals surface area contributed by atoms with Gasteiger partial charge in [0.05, 0.1) is 5.56 Å². The molecule has 0 radical (unpaired) electrons. The molecule has 0 aliphatic carbocycles. The highest BCUT2D eigenvalue weighted by Gasteiger charge is 2.16. The van der Waals surface area contributed by atoms with Crippen LogP contribution in [0.2, 0.25) is 0 Å². The Kier molecular flexibility index (Phi) is 4.89. The number of benzene rings is 1. The van der Waals surface area contributed by atoms with Crippen LogP contribution in [0.5, 0.6) is 5.75 Å². The molecule has 1 atom stereocenters. The maximum atomic E-state index is 12.7. The number of amides is 2. The predicted octanol–water partition coefficient (Wildman–Crippen LogP) is 2.12. The molecule has 2 N–H and O–H groups in total. The van der Waals surface area contributed by atoms with Crippen molar-refractivity contribution in [2.75, 3.05) is 0 Å². The molecule has 1 unspecified atom stereocenters. The van der Waals surface area contributed by atoms with Crippen molar-refractivity contribution in [2.45, 2.75) is 13.0 Å². The summed E-state index contributed by atoms with van der Waals surface area (Å²) in [6.07, 6.45) is -0.835. The van der Waals surface area contributed by atoms with Gasteiger partial charge in [-0.3, -0.25) is 20.4 Å². The molecule has 5 nitrogen and oxygen atoms in total. The second-order valence-corrected chi connectivity index (χ2v) is 4.95. The Balaban J connectivity index is 1.82. The number of rotatable bonds is 4. The van der Waals surface area contributed by atoms with E-state index in [-0.39, 0.29) is 5.82 Å². The maximum Gasteiger partial charge on any atom is 0.279 e. The van der Waals surface area contributed by atoms with Crippen LogP contribution in [0, 0.1) is 5.82 Å². The minimum absolute atomic E-state index is 0.364. The lowest BCUT2D eigenvalue weighted by atomic mass is 10.3. The largest absolute Gasteiger partial charge is 0.481 e. The first-order chi connectivity index (χ1) is 10.1. The number of hydrogen-bond donors (Lipinski definition) is 2. The fourth-order valence-corrected chi connectivity index (χ4v) is 2.09. The molecule has 0 aliphatic rings. The molecule has 1 aromatic carbocycles. The van der Waals surface area contributed by atoms with Gasteiger partial charge in [0, 0.05) is 5.38 Å². The van der Waals surface area contributed by atoms with Crippen molar-refractivity contribution in [3.8, 4) is 5.75 Å². The summed E-state index contributed by atoms with van der Waals surface area (Å²) in [6.45, 7) is 1.52. The van der Waals surface area contributed by atoms with Gasteiger partial charge >= 0.3 is 0 Å².